The van der Waals surface area contributed by atoms with Gasteiger partial charge in [-0.05, 0) is 12.0 Å². The fourth-order valence-corrected chi connectivity index (χ4v) is 0.497. The minimum atomic E-state index is -0.913. The van der Waals surface area contributed by atoms with E-state index < -0.39 is 17.9 Å². The van der Waals surface area contributed by atoms with Crippen LogP contribution in [0.2, 0.25) is 0 Å². The molecule has 5 N–H and O–H groups in total. The third-order valence-electron chi connectivity index (χ3n) is 1.74. The van der Waals surface area contributed by atoms with Crippen molar-refractivity contribution in [1.29, 1.82) is 0 Å². The van der Waals surface area contributed by atoms with Gasteiger partial charge in [-0.15, -0.1) is 0 Å². The van der Waals surface area contributed by atoms with E-state index in [-0.39, 0.29) is 5.92 Å². The van der Waals surface area contributed by atoms with E-state index >= 15 is 0 Å². The molecule has 0 rings (SSSR count). The standard InChI is InChI=1S/C6H13NO2.C3H5NO/c1-3-4(2)5(7)6(8)9;1-2-3(4)5/h4-5H,3,7H2,1-2H3,(H,8,9);2H,1H2,(H2,4,5)/t4-,5+;/m0./s1. The number of primary amides is 1. The summed E-state index contributed by atoms with van der Waals surface area (Å²) in [4.78, 5) is 19.6. The summed E-state index contributed by atoms with van der Waals surface area (Å²) in [6.07, 6.45) is 1.87. The van der Waals surface area contributed by atoms with Crippen molar-refractivity contribution in [2.75, 3.05) is 0 Å². The average Bonchev–Trinajstić information content (AvgIpc) is 2.16. The SMILES string of the molecule is C=CC(N)=O.CC[C@H](C)[C@@H](N)C(=O)O. The van der Waals surface area contributed by atoms with Gasteiger partial charge in [-0.25, -0.2) is 0 Å². The van der Waals surface area contributed by atoms with Gasteiger partial charge < -0.3 is 16.6 Å². The molecule has 0 bridgehead atoms. The van der Waals surface area contributed by atoms with Crippen molar-refractivity contribution in [2.45, 2.75) is 26.3 Å². The minimum absolute atomic E-state index is 0.0718. The molecule has 0 aliphatic carbocycles. The van der Waals surface area contributed by atoms with Gasteiger partial charge in [0.05, 0.1) is 0 Å². The number of carbonyl (C=O) groups is 2. The first-order chi connectivity index (χ1) is 6.36. The molecule has 14 heavy (non-hydrogen) atoms. The largest absolute Gasteiger partial charge is 0.480 e. The molecule has 1 amide bonds. The number of carbonyl (C=O) groups excluding carboxylic acids is 1. The molecular formula is C9H18N2O3. The van der Waals surface area contributed by atoms with Crippen LogP contribution in [-0.4, -0.2) is 23.0 Å². The molecule has 0 aromatic carbocycles. The molecule has 0 fully saturated rings. The second kappa shape index (κ2) is 8.25. The van der Waals surface area contributed by atoms with E-state index in [2.05, 4.69) is 12.3 Å². The number of carboxylic acids is 1. The first-order valence-corrected chi connectivity index (χ1v) is 4.27. The molecule has 0 saturated heterocycles. The Morgan fingerprint density at radius 2 is 1.93 bits per heavy atom. The van der Waals surface area contributed by atoms with Crippen molar-refractivity contribution in [2.24, 2.45) is 17.4 Å². The number of amides is 1. The molecule has 0 aromatic heterocycles. The highest BCUT2D eigenvalue weighted by Gasteiger charge is 2.17. The zero-order valence-electron chi connectivity index (χ0n) is 8.56. The summed E-state index contributed by atoms with van der Waals surface area (Å²) in [5.41, 5.74) is 9.81. The predicted octanol–water partition coefficient (Wildman–Crippen LogP) is 0.102. The van der Waals surface area contributed by atoms with E-state index in [0.29, 0.717) is 0 Å². The summed E-state index contributed by atoms with van der Waals surface area (Å²) in [6.45, 7) is 6.84. The molecule has 2 atom stereocenters. The zero-order chi connectivity index (χ0) is 11.7. The lowest BCUT2D eigenvalue weighted by Gasteiger charge is -2.11. The fraction of sp³-hybridized carbons (Fsp3) is 0.556. The Morgan fingerprint density at radius 1 is 1.57 bits per heavy atom. The van der Waals surface area contributed by atoms with Gasteiger partial charge in [0.15, 0.2) is 0 Å². The predicted molar refractivity (Wildman–Crippen MR) is 54.5 cm³/mol. The second-order valence-electron chi connectivity index (χ2n) is 2.86. The Kier molecular flexibility index (Phi) is 8.91. The summed E-state index contributed by atoms with van der Waals surface area (Å²) in [5.74, 6) is -1.32. The number of carboxylic acid groups (broad SMARTS) is 1. The highest BCUT2D eigenvalue weighted by Crippen LogP contribution is 2.04. The van der Waals surface area contributed by atoms with Gasteiger partial charge >= 0.3 is 5.97 Å². The van der Waals surface area contributed by atoms with Crippen molar-refractivity contribution < 1.29 is 14.7 Å². The van der Waals surface area contributed by atoms with Gasteiger partial charge in [-0.3, -0.25) is 9.59 Å². The van der Waals surface area contributed by atoms with E-state index in [4.69, 9.17) is 10.8 Å². The van der Waals surface area contributed by atoms with Gasteiger partial charge in [0, 0.05) is 0 Å². The summed E-state index contributed by atoms with van der Waals surface area (Å²) < 4.78 is 0. The van der Waals surface area contributed by atoms with Crippen LogP contribution in [0.4, 0.5) is 0 Å². The molecule has 0 heterocycles. The van der Waals surface area contributed by atoms with Crippen molar-refractivity contribution >= 4 is 11.9 Å². The highest BCUT2D eigenvalue weighted by molar-refractivity contribution is 5.84. The van der Waals surface area contributed by atoms with Crippen LogP contribution in [0, 0.1) is 5.92 Å². The van der Waals surface area contributed by atoms with E-state index in [1.807, 2.05) is 13.8 Å². The summed E-state index contributed by atoms with van der Waals surface area (Å²) in [5, 5.41) is 8.36. The van der Waals surface area contributed by atoms with Crippen LogP contribution in [0.15, 0.2) is 12.7 Å². The Labute approximate surface area is 83.8 Å². The van der Waals surface area contributed by atoms with Crippen LogP contribution in [0.3, 0.4) is 0 Å². The molecular weight excluding hydrogens is 184 g/mol. The Bertz CT molecular complexity index is 204. The molecule has 0 unspecified atom stereocenters. The normalized spacial score (nSPS) is 13.1. The topological polar surface area (TPSA) is 106 Å². The maximum Gasteiger partial charge on any atom is 0.320 e. The molecule has 0 aliphatic rings. The number of aliphatic carboxylic acids is 1. The molecule has 0 saturated carbocycles. The van der Waals surface area contributed by atoms with Gasteiger partial charge in [0.2, 0.25) is 5.91 Å². The van der Waals surface area contributed by atoms with Crippen molar-refractivity contribution in [3.8, 4) is 0 Å². The Hall–Kier alpha value is -1.36. The Balaban J connectivity index is 0. The lowest BCUT2D eigenvalue weighted by Crippen LogP contribution is -2.36. The van der Waals surface area contributed by atoms with Crippen LogP contribution < -0.4 is 11.5 Å². The molecule has 0 radical (unpaired) electrons. The van der Waals surface area contributed by atoms with Gasteiger partial charge in [0.25, 0.3) is 0 Å². The summed E-state index contributed by atoms with van der Waals surface area (Å²) in [7, 11) is 0. The smallest absolute Gasteiger partial charge is 0.320 e. The molecule has 5 nitrogen and oxygen atoms in total. The van der Waals surface area contributed by atoms with Crippen molar-refractivity contribution in [3.63, 3.8) is 0 Å². The van der Waals surface area contributed by atoms with Crippen molar-refractivity contribution in [3.05, 3.63) is 12.7 Å². The van der Waals surface area contributed by atoms with Crippen molar-refractivity contribution in [1.82, 2.24) is 0 Å². The first kappa shape index (κ1) is 15.1. The average molecular weight is 202 g/mol. The number of rotatable bonds is 4. The lowest BCUT2D eigenvalue weighted by molar-refractivity contribution is -0.139. The van der Waals surface area contributed by atoms with Crippen LogP contribution in [0.5, 0.6) is 0 Å². The first-order valence-electron chi connectivity index (χ1n) is 4.27. The van der Waals surface area contributed by atoms with Gasteiger partial charge in [0.1, 0.15) is 6.04 Å². The molecule has 82 valence electrons. The quantitative estimate of drug-likeness (QED) is 0.562. The van der Waals surface area contributed by atoms with Crippen LogP contribution in [-0.2, 0) is 9.59 Å². The molecule has 0 aliphatic heterocycles. The van der Waals surface area contributed by atoms with Gasteiger partial charge in [-0.1, -0.05) is 26.8 Å². The molecule has 0 aromatic rings. The van der Waals surface area contributed by atoms with E-state index in [9.17, 15) is 9.59 Å². The van der Waals surface area contributed by atoms with E-state index in [0.717, 1.165) is 12.5 Å². The maximum atomic E-state index is 10.2. The monoisotopic (exact) mass is 202 g/mol. The van der Waals surface area contributed by atoms with Crippen LogP contribution >= 0.6 is 0 Å². The lowest BCUT2D eigenvalue weighted by atomic mass is 10.0. The third-order valence-corrected chi connectivity index (χ3v) is 1.74. The number of hydrogen-bond acceptors (Lipinski definition) is 3. The minimum Gasteiger partial charge on any atom is -0.480 e. The summed E-state index contributed by atoms with van der Waals surface area (Å²) in [6, 6.07) is -0.699. The molecule has 0 spiro atoms. The number of hydrogen-bond donors (Lipinski definition) is 3. The van der Waals surface area contributed by atoms with E-state index in [1.54, 1.807) is 0 Å². The maximum absolute atomic E-state index is 10.2. The van der Waals surface area contributed by atoms with Crippen LogP contribution in [0.25, 0.3) is 0 Å². The highest BCUT2D eigenvalue weighted by atomic mass is 16.4. The third kappa shape index (κ3) is 8.73. The van der Waals surface area contributed by atoms with E-state index in [1.165, 1.54) is 0 Å². The fourth-order valence-electron chi connectivity index (χ4n) is 0.497. The van der Waals surface area contributed by atoms with Gasteiger partial charge in [-0.2, -0.15) is 0 Å². The second-order valence-corrected chi connectivity index (χ2v) is 2.86. The Morgan fingerprint density at radius 3 is 2.00 bits per heavy atom. The number of nitrogens with two attached hydrogens (primary N) is 2. The zero-order valence-corrected chi connectivity index (χ0v) is 8.56. The molecule has 5 heteroatoms. The van der Waals surface area contributed by atoms with Crippen LogP contribution in [0.1, 0.15) is 20.3 Å². The summed E-state index contributed by atoms with van der Waals surface area (Å²) >= 11 is 0.